The second-order valence-corrected chi connectivity index (χ2v) is 11.8. The number of hydrogen-bond donors (Lipinski definition) is 1. The van der Waals surface area contributed by atoms with Crippen molar-refractivity contribution in [2.45, 2.75) is 29.7 Å². The quantitative estimate of drug-likeness (QED) is 0.338. The third-order valence-corrected chi connectivity index (χ3v) is 9.78. The van der Waals surface area contributed by atoms with Crippen LogP contribution in [0.15, 0.2) is 88.7 Å². The van der Waals surface area contributed by atoms with Crippen molar-refractivity contribution in [2.75, 3.05) is 17.3 Å². The average molecular weight is 572 g/mol. The number of carbonyl (C=O) groups excluding carboxylic acids is 3. The molecule has 2 unspecified atom stereocenters. The summed E-state index contributed by atoms with van der Waals surface area (Å²) >= 11 is 2.24. The van der Waals surface area contributed by atoms with E-state index in [4.69, 9.17) is 4.74 Å². The number of anilines is 2. The lowest BCUT2D eigenvalue weighted by Gasteiger charge is -2.30. The van der Waals surface area contributed by atoms with Gasteiger partial charge in [0.2, 0.25) is 17.7 Å². The molecule has 3 heterocycles. The predicted molar refractivity (Wildman–Crippen MR) is 155 cm³/mol. The molecule has 0 saturated carbocycles. The van der Waals surface area contributed by atoms with Crippen LogP contribution in [0.4, 0.5) is 11.4 Å². The van der Waals surface area contributed by atoms with Crippen LogP contribution in [-0.2, 0) is 20.9 Å². The SMILES string of the molecule is COc1ccc(NC(=O)Cn2c3c(sc2=O)[C@@H](c2ccccc2)C2C(=O)N(c4ccc(C)cc4)C(=O)C2S3)cc1. The van der Waals surface area contributed by atoms with Crippen LogP contribution in [0.1, 0.15) is 21.9 Å². The summed E-state index contributed by atoms with van der Waals surface area (Å²) in [5.41, 5.74) is 2.98. The maximum atomic E-state index is 13.9. The van der Waals surface area contributed by atoms with E-state index >= 15 is 0 Å². The first-order valence-corrected chi connectivity index (χ1v) is 14.4. The van der Waals surface area contributed by atoms with Crippen molar-refractivity contribution >= 4 is 52.2 Å². The Hall–Kier alpha value is -4.15. The lowest BCUT2D eigenvalue weighted by molar-refractivity contribution is -0.122. The van der Waals surface area contributed by atoms with Gasteiger partial charge in [0.05, 0.1) is 23.7 Å². The molecule has 4 aromatic rings. The smallest absolute Gasteiger partial charge is 0.308 e. The molecule has 3 amide bonds. The second-order valence-electron chi connectivity index (χ2n) is 9.70. The summed E-state index contributed by atoms with van der Waals surface area (Å²) in [6.45, 7) is 1.73. The van der Waals surface area contributed by atoms with Crippen molar-refractivity contribution in [1.82, 2.24) is 4.57 Å². The number of methoxy groups -OCH3 is 1. The summed E-state index contributed by atoms with van der Waals surface area (Å²) in [6.07, 6.45) is 0. The summed E-state index contributed by atoms with van der Waals surface area (Å²) in [6, 6.07) is 23.7. The van der Waals surface area contributed by atoms with Gasteiger partial charge in [0, 0.05) is 16.5 Å². The fourth-order valence-corrected chi connectivity index (χ4v) is 8.01. The number of rotatable bonds is 6. The van der Waals surface area contributed by atoms with Crippen molar-refractivity contribution in [3.8, 4) is 5.75 Å². The standard InChI is InChI=1S/C30H25N3O5S2/c1-17-8-12-20(13-9-17)33-27(35)24-23(18-6-4-3-5-7-18)26-29(39-25(24)28(33)36)32(30(37)40-26)16-22(34)31-19-10-14-21(38-2)15-11-19/h3-15,23-25H,16H2,1-2H3,(H,31,34)/t23-,24?,25?/m0/s1. The molecule has 1 aromatic heterocycles. The number of amides is 3. The Bertz CT molecular complexity index is 1660. The van der Waals surface area contributed by atoms with Crippen LogP contribution in [-0.4, -0.2) is 34.6 Å². The number of imide groups is 1. The van der Waals surface area contributed by atoms with Crippen molar-refractivity contribution in [1.29, 1.82) is 0 Å². The molecule has 40 heavy (non-hydrogen) atoms. The predicted octanol–water partition coefficient (Wildman–Crippen LogP) is 4.66. The maximum Gasteiger partial charge on any atom is 0.308 e. The molecule has 202 valence electrons. The third kappa shape index (κ3) is 4.52. The lowest BCUT2D eigenvalue weighted by Crippen LogP contribution is -2.33. The normalized spacial score (nSPS) is 19.8. The first-order valence-electron chi connectivity index (χ1n) is 12.7. The van der Waals surface area contributed by atoms with Gasteiger partial charge in [-0.2, -0.15) is 0 Å². The number of benzene rings is 3. The Labute approximate surface area is 238 Å². The third-order valence-electron chi connectivity index (χ3n) is 7.18. The van der Waals surface area contributed by atoms with E-state index in [9.17, 15) is 19.2 Å². The second kappa shape index (κ2) is 10.4. The first kappa shape index (κ1) is 26.1. The van der Waals surface area contributed by atoms with Crippen LogP contribution >= 0.6 is 23.1 Å². The van der Waals surface area contributed by atoms with E-state index in [0.29, 0.717) is 27.0 Å². The highest BCUT2D eigenvalue weighted by atomic mass is 32.2. The fourth-order valence-electron chi connectivity index (χ4n) is 5.24. The summed E-state index contributed by atoms with van der Waals surface area (Å²) < 4.78 is 6.58. The molecule has 2 aliphatic heterocycles. The van der Waals surface area contributed by atoms with Crippen LogP contribution < -0.4 is 19.8 Å². The number of aryl methyl sites for hydroxylation is 1. The van der Waals surface area contributed by atoms with E-state index in [-0.39, 0.29) is 29.1 Å². The Morgan fingerprint density at radius 1 is 0.925 bits per heavy atom. The van der Waals surface area contributed by atoms with Crippen molar-refractivity contribution in [3.63, 3.8) is 0 Å². The first-order chi connectivity index (χ1) is 19.4. The van der Waals surface area contributed by atoms with Gasteiger partial charge in [-0.3, -0.25) is 23.7 Å². The van der Waals surface area contributed by atoms with Gasteiger partial charge >= 0.3 is 4.87 Å². The van der Waals surface area contributed by atoms with Gasteiger partial charge in [-0.25, -0.2) is 4.90 Å². The fraction of sp³-hybridized carbons (Fsp3) is 0.200. The van der Waals surface area contributed by atoms with Crippen LogP contribution in [0.3, 0.4) is 0 Å². The minimum atomic E-state index is -0.726. The Morgan fingerprint density at radius 3 is 2.30 bits per heavy atom. The van der Waals surface area contributed by atoms with E-state index in [1.54, 1.807) is 43.5 Å². The molecule has 0 radical (unpaired) electrons. The van der Waals surface area contributed by atoms with Gasteiger partial charge in [-0.05, 0) is 48.9 Å². The van der Waals surface area contributed by atoms with Gasteiger partial charge in [0.1, 0.15) is 17.5 Å². The Morgan fingerprint density at radius 2 is 1.62 bits per heavy atom. The van der Waals surface area contributed by atoms with E-state index in [2.05, 4.69) is 5.32 Å². The van der Waals surface area contributed by atoms with Crippen LogP contribution in [0, 0.1) is 12.8 Å². The molecule has 0 aliphatic carbocycles. The van der Waals surface area contributed by atoms with E-state index in [1.165, 1.54) is 21.2 Å². The number of carbonyl (C=O) groups is 3. The number of fused-ring (bicyclic) bond motifs is 2. The molecule has 0 bridgehead atoms. The van der Waals surface area contributed by atoms with Crippen molar-refractivity contribution in [2.24, 2.45) is 5.92 Å². The Kier molecular flexibility index (Phi) is 6.81. The molecule has 1 saturated heterocycles. The summed E-state index contributed by atoms with van der Waals surface area (Å²) in [7, 11) is 1.56. The number of hydrogen-bond acceptors (Lipinski definition) is 7. The van der Waals surface area contributed by atoms with Crippen molar-refractivity contribution < 1.29 is 19.1 Å². The molecule has 3 aromatic carbocycles. The zero-order chi connectivity index (χ0) is 28.0. The highest BCUT2D eigenvalue weighted by molar-refractivity contribution is 8.00. The number of nitrogens with zero attached hydrogens (tertiary/aromatic N) is 2. The average Bonchev–Trinajstić information content (AvgIpc) is 3.40. The van der Waals surface area contributed by atoms with Crippen molar-refractivity contribution in [3.05, 3.63) is 105 Å². The summed E-state index contributed by atoms with van der Waals surface area (Å²) in [4.78, 5) is 55.6. The molecule has 8 nitrogen and oxygen atoms in total. The highest BCUT2D eigenvalue weighted by Crippen LogP contribution is 2.53. The monoisotopic (exact) mass is 571 g/mol. The molecule has 2 aliphatic rings. The zero-order valence-electron chi connectivity index (χ0n) is 21.7. The molecule has 1 fully saturated rings. The number of thiazole rings is 1. The van der Waals surface area contributed by atoms with Crippen LogP contribution in [0.2, 0.25) is 0 Å². The topological polar surface area (TPSA) is 97.7 Å². The molecule has 0 spiro atoms. The number of aromatic nitrogens is 1. The van der Waals surface area contributed by atoms with Gasteiger partial charge in [-0.1, -0.05) is 71.1 Å². The van der Waals surface area contributed by atoms with Crippen LogP contribution in [0.25, 0.3) is 0 Å². The highest BCUT2D eigenvalue weighted by Gasteiger charge is 2.56. The molecule has 6 rings (SSSR count). The maximum absolute atomic E-state index is 13.9. The summed E-state index contributed by atoms with van der Waals surface area (Å²) in [5, 5.41) is 2.65. The minimum absolute atomic E-state index is 0.216. The molecule has 1 N–H and O–H groups in total. The molecule has 10 heteroatoms. The van der Waals surface area contributed by atoms with Crippen LogP contribution in [0.5, 0.6) is 5.75 Å². The summed E-state index contributed by atoms with van der Waals surface area (Å²) in [5.74, 6) is -1.47. The van der Waals surface area contributed by atoms with E-state index < -0.39 is 17.1 Å². The van der Waals surface area contributed by atoms with E-state index in [0.717, 1.165) is 22.5 Å². The Balaban J connectivity index is 1.37. The lowest BCUT2D eigenvalue weighted by atomic mass is 9.83. The number of nitrogens with one attached hydrogen (secondary N) is 1. The number of thioether (sulfide) groups is 1. The largest absolute Gasteiger partial charge is 0.497 e. The molecular formula is C30H25N3O5S2. The van der Waals surface area contributed by atoms with Gasteiger partial charge < -0.3 is 10.1 Å². The molecule has 3 atom stereocenters. The van der Waals surface area contributed by atoms with Gasteiger partial charge in [-0.15, -0.1) is 0 Å². The van der Waals surface area contributed by atoms with E-state index in [1.807, 2.05) is 49.4 Å². The minimum Gasteiger partial charge on any atom is -0.497 e. The van der Waals surface area contributed by atoms with Gasteiger partial charge in [0.15, 0.2) is 0 Å². The zero-order valence-corrected chi connectivity index (χ0v) is 23.3. The number of ether oxygens (including phenoxy) is 1. The van der Waals surface area contributed by atoms with Gasteiger partial charge in [0.25, 0.3) is 0 Å². The molecular weight excluding hydrogens is 546 g/mol.